The largest absolute Gasteiger partial charge is 0.496 e. The summed E-state index contributed by atoms with van der Waals surface area (Å²) in [5.74, 6) is 2.99. The zero-order valence-electron chi connectivity index (χ0n) is 11.3. The summed E-state index contributed by atoms with van der Waals surface area (Å²) in [6, 6.07) is 6.23. The van der Waals surface area contributed by atoms with Crippen LogP contribution in [0.5, 0.6) is 5.75 Å². The minimum Gasteiger partial charge on any atom is -0.496 e. The molecule has 5 heteroatoms. The van der Waals surface area contributed by atoms with Gasteiger partial charge in [-0.3, -0.25) is 4.90 Å². The first kappa shape index (κ1) is 15.2. The summed E-state index contributed by atoms with van der Waals surface area (Å²) in [5.41, 5.74) is 1.13. The molecule has 1 aliphatic rings. The molecule has 1 aromatic carbocycles. The average molecular weight is 346 g/mol. The Bertz CT molecular complexity index is 430. The maximum atomic E-state index is 10.4. The number of halogens is 1. The SMILES string of the molecule is COc1ccc(CC(O)C2CSCCN2C)cc1Br. The Morgan fingerprint density at radius 2 is 2.37 bits per heavy atom. The van der Waals surface area contributed by atoms with E-state index in [-0.39, 0.29) is 12.1 Å². The van der Waals surface area contributed by atoms with E-state index in [1.54, 1.807) is 7.11 Å². The number of hydrogen-bond donors (Lipinski definition) is 1. The van der Waals surface area contributed by atoms with Gasteiger partial charge < -0.3 is 9.84 Å². The van der Waals surface area contributed by atoms with Gasteiger partial charge in [-0.15, -0.1) is 0 Å². The Hall–Kier alpha value is -0.230. The first-order valence-corrected chi connectivity index (χ1v) is 8.35. The van der Waals surface area contributed by atoms with Gasteiger partial charge in [0.1, 0.15) is 5.75 Å². The third kappa shape index (κ3) is 3.88. The van der Waals surface area contributed by atoms with Gasteiger partial charge in [0.2, 0.25) is 0 Å². The molecule has 19 heavy (non-hydrogen) atoms. The van der Waals surface area contributed by atoms with Crippen molar-refractivity contribution in [1.82, 2.24) is 4.90 Å². The fraction of sp³-hybridized carbons (Fsp3) is 0.571. The van der Waals surface area contributed by atoms with E-state index >= 15 is 0 Å². The monoisotopic (exact) mass is 345 g/mol. The summed E-state index contributed by atoms with van der Waals surface area (Å²) < 4.78 is 6.15. The molecule has 0 aliphatic carbocycles. The Morgan fingerprint density at radius 3 is 3.00 bits per heavy atom. The lowest BCUT2D eigenvalue weighted by Gasteiger charge is -2.35. The number of ether oxygens (including phenoxy) is 1. The second kappa shape index (κ2) is 6.97. The van der Waals surface area contributed by atoms with Crippen molar-refractivity contribution in [3.05, 3.63) is 28.2 Å². The molecule has 2 unspecified atom stereocenters. The van der Waals surface area contributed by atoms with Crippen LogP contribution in [-0.2, 0) is 6.42 Å². The van der Waals surface area contributed by atoms with E-state index in [0.717, 1.165) is 33.8 Å². The van der Waals surface area contributed by atoms with Gasteiger partial charge in [-0.05, 0) is 47.1 Å². The third-order valence-electron chi connectivity index (χ3n) is 3.55. The molecule has 0 aromatic heterocycles. The summed E-state index contributed by atoms with van der Waals surface area (Å²) in [6.45, 7) is 1.05. The fourth-order valence-electron chi connectivity index (χ4n) is 2.32. The molecule has 2 rings (SSSR count). The van der Waals surface area contributed by atoms with Gasteiger partial charge >= 0.3 is 0 Å². The van der Waals surface area contributed by atoms with Gasteiger partial charge in [-0.1, -0.05) is 6.07 Å². The van der Waals surface area contributed by atoms with Gasteiger partial charge in [0, 0.05) is 24.1 Å². The quantitative estimate of drug-likeness (QED) is 0.908. The second-order valence-corrected chi connectivity index (χ2v) is 6.87. The smallest absolute Gasteiger partial charge is 0.133 e. The number of methoxy groups -OCH3 is 1. The predicted molar refractivity (Wildman–Crippen MR) is 84.1 cm³/mol. The molecular formula is C14H20BrNO2S. The first-order chi connectivity index (χ1) is 9.11. The standard InChI is InChI=1S/C14H20BrNO2S/c1-16-5-6-19-9-12(16)13(17)8-10-3-4-14(18-2)11(15)7-10/h3-4,7,12-13,17H,5-6,8-9H2,1-2H3. The van der Waals surface area contributed by atoms with Crippen molar-refractivity contribution in [2.45, 2.75) is 18.6 Å². The number of nitrogens with zero attached hydrogens (tertiary/aromatic N) is 1. The number of benzene rings is 1. The van der Waals surface area contributed by atoms with Crippen LogP contribution in [0.15, 0.2) is 22.7 Å². The molecule has 3 nitrogen and oxygen atoms in total. The summed E-state index contributed by atoms with van der Waals surface area (Å²) >= 11 is 5.41. The topological polar surface area (TPSA) is 32.7 Å². The third-order valence-corrected chi connectivity index (χ3v) is 5.22. The lowest BCUT2D eigenvalue weighted by Crippen LogP contribution is -2.47. The van der Waals surface area contributed by atoms with Crippen LogP contribution < -0.4 is 4.74 Å². The molecule has 106 valence electrons. The van der Waals surface area contributed by atoms with E-state index < -0.39 is 0 Å². The molecule has 1 N–H and O–H groups in total. The van der Waals surface area contributed by atoms with Gasteiger partial charge in [0.05, 0.1) is 17.7 Å². The zero-order valence-corrected chi connectivity index (χ0v) is 13.7. The highest BCUT2D eigenvalue weighted by atomic mass is 79.9. The number of likely N-dealkylation sites (N-methyl/N-ethyl adjacent to an activating group) is 1. The van der Waals surface area contributed by atoms with E-state index in [0.29, 0.717) is 6.42 Å². The summed E-state index contributed by atoms with van der Waals surface area (Å²) in [6.07, 6.45) is 0.358. The number of hydrogen-bond acceptors (Lipinski definition) is 4. The van der Waals surface area contributed by atoms with Crippen LogP contribution >= 0.6 is 27.7 Å². The van der Waals surface area contributed by atoms with Crippen LogP contribution in [0.25, 0.3) is 0 Å². The van der Waals surface area contributed by atoms with Gasteiger partial charge in [0.25, 0.3) is 0 Å². The van der Waals surface area contributed by atoms with Gasteiger partial charge in [-0.25, -0.2) is 0 Å². The zero-order chi connectivity index (χ0) is 13.8. The molecule has 0 bridgehead atoms. The second-order valence-electron chi connectivity index (χ2n) is 4.86. The van der Waals surface area contributed by atoms with Crippen molar-refractivity contribution in [3.8, 4) is 5.75 Å². The minimum absolute atomic E-state index is 0.250. The fourth-order valence-corrected chi connectivity index (χ4v) is 4.21. The average Bonchev–Trinajstić information content (AvgIpc) is 2.39. The molecule has 1 saturated heterocycles. The predicted octanol–water partition coefficient (Wildman–Crippen LogP) is 2.41. The maximum Gasteiger partial charge on any atom is 0.133 e. The minimum atomic E-state index is -0.321. The van der Waals surface area contributed by atoms with Gasteiger partial charge in [0.15, 0.2) is 0 Å². The maximum absolute atomic E-state index is 10.4. The molecule has 0 amide bonds. The van der Waals surface area contributed by atoms with Crippen molar-refractivity contribution in [1.29, 1.82) is 0 Å². The van der Waals surface area contributed by atoms with Crippen molar-refractivity contribution >= 4 is 27.7 Å². The van der Waals surface area contributed by atoms with E-state index in [9.17, 15) is 5.11 Å². The molecule has 0 saturated carbocycles. The number of aliphatic hydroxyl groups excluding tert-OH is 1. The Labute approximate surface area is 127 Å². The Kier molecular flexibility index (Phi) is 5.57. The number of rotatable bonds is 4. The molecule has 0 radical (unpaired) electrons. The molecule has 1 aliphatic heterocycles. The molecule has 1 aromatic rings. The Morgan fingerprint density at radius 1 is 1.58 bits per heavy atom. The van der Waals surface area contributed by atoms with Crippen molar-refractivity contribution in [2.24, 2.45) is 0 Å². The van der Waals surface area contributed by atoms with Crippen LogP contribution in [0.2, 0.25) is 0 Å². The summed E-state index contributed by atoms with van der Waals surface area (Å²) in [7, 11) is 3.75. The van der Waals surface area contributed by atoms with Crippen LogP contribution in [0.3, 0.4) is 0 Å². The van der Waals surface area contributed by atoms with Crippen molar-refractivity contribution in [2.75, 3.05) is 32.2 Å². The Balaban J connectivity index is 2.01. The molecule has 2 atom stereocenters. The van der Waals surface area contributed by atoms with Crippen molar-refractivity contribution in [3.63, 3.8) is 0 Å². The number of aliphatic hydroxyl groups is 1. The van der Waals surface area contributed by atoms with E-state index in [1.807, 2.05) is 30.0 Å². The van der Waals surface area contributed by atoms with Gasteiger partial charge in [-0.2, -0.15) is 11.8 Å². The normalized spacial score (nSPS) is 22.2. The highest BCUT2D eigenvalue weighted by molar-refractivity contribution is 9.10. The molecular weight excluding hydrogens is 326 g/mol. The highest BCUT2D eigenvalue weighted by Crippen LogP contribution is 2.27. The molecule has 1 heterocycles. The summed E-state index contributed by atoms with van der Waals surface area (Å²) in [4.78, 5) is 2.26. The van der Waals surface area contributed by atoms with E-state index in [1.165, 1.54) is 0 Å². The highest BCUT2D eigenvalue weighted by Gasteiger charge is 2.26. The van der Waals surface area contributed by atoms with E-state index in [2.05, 4.69) is 27.9 Å². The first-order valence-electron chi connectivity index (χ1n) is 6.40. The van der Waals surface area contributed by atoms with Crippen LogP contribution in [-0.4, -0.2) is 54.4 Å². The van der Waals surface area contributed by atoms with Crippen LogP contribution in [0.4, 0.5) is 0 Å². The number of thioether (sulfide) groups is 1. The van der Waals surface area contributed by atoms with Crippen LogP contribution in [0.1, 0.15) is 5.56 Å². The van der Waals surface area contributed by atoms with Crippen LogP contribution in [0, 0.1) is 0 Å². The van der Waals surface area contributed by atoms with Crippen molar-refractivity contribution < 1.29 is 9.84 Å². The summed E-state index contributed by atoms with van der Waals surface area (Å²) in [5, 5.41) is 10.4. The lowest BCUT2D eigenvalue weighted by molar-refractivity contribution is 0.0763. The molecule has 0 spiro atoms. The molecule has 1 fully saturated rings. The lowest BCUT2D eigenvalue weighted by atomic mass is 10.0. The van der Waals surface area contributed by atoms with E-state index in [4.69, 9.17) is 4.74 Å².